The minimum atomic E-state index is -1.25. The van der Waals surface area contributed by atoms with E-state index in [4.69, 9.17) is 0 Å². The number of halogens is 1. The molecule has 0 aliphatic rings. The highest BCUT2D eigenvalue weighted by Crippen LogP contribution is 2.08. The monoisotopic (exact) mass is 393 g/mol. The van der Waals surface area contributed by atoms with E-state index in [1.165, 1.54) is 39.7 Å². The second kappa shape index (κ2) is 9.32. The molecule has 0 amide bonds. The number of nitrogens with zero attached hydrogens (tertiary/aromatic N) is 2. The number of carbonyl (C=O) groups is 2. The Hall–Kier alpha value is -2.94. The summed E-state index contributed by atoms with van der Waals surface area (Å²) >= 11 is 0. The first-order valence-corrected chi connectivity index (χ1v) is 8.89. The molecule has 0 aliphatic heterocycles. The van der Waals surface area contributed by atoms with Crippen molar-refractivity contribution in [1.29, 1.82) is 0 Å². The van der Waals surface area contributed by atoms with Gasteiger partial charge in [-0.1, -0.05) is 26.0 Å². The van der Waals surface area contributed by atoms with Gasteiger partial charge in [-0.05, 0) is 30.0 Å². The highest BCUT2D eigenvalue weighted by Gasteiger charge is 2.27. The third kappa shape index (κ3) is 5.78. The van der Waals surface area contributed by atoms with Crippen LogP contribution in [-0.2, 0) is 22.7 Å². The lowest BCUT2D eigenvalue weighted by Gasteiger charge is -2.21. The molecule has 2 rings (SSSR count). The molecular formula is C19H24FN3O5. The van der Waals surface area contributed by atoms with E-state index < -0.39 is 35.5 Å². The smallest absolute Gasteiger partial charge is 0.328 e. The third-order valence-electron chi connectivity index (χ3n) is 4.24. The van der Waals surface area contributed by atoms with Crippen molar-refractivity contribution in [2.45, 2.75) is 45.4 Å². The summed E-state index contributed by atoms with van der Waals surface area (Å²) in [5.41, 5.74) is 0.128. The summed E-state index contributed by atoms with van der Waals surface area (Å²) in [5, 5.41) is 21.4. The highest BCUT2D eigenvalue weighted by atomic mass is 19.1. The van der Waals surface area contributed by atoms with Gasteiger partial charge in [-0.2, -0.15) is 0 Å². The van der Waals surface area contributed by atoms with Gasteiger partial charge < -0.3 is 10.2 Å². The lowest BCUT2D eigenvalue weighted by Crippen LogP contribution is -2.50. The zero-order chi connectivity index (χ0) is 20.8. The summed E-state index contributed by atoms with van der Waals surface area (Å²) in [6.45, 7) is 3.58. The standard InChI is InChI=1S/C19H24FN3O5/c1-12(2)8-15(17(24)25)21-16(18(26)27)11-23-7-6-22(19(23)28)10-13-4-3-5-14(20)9-13/h3-7,9,12,15-16,21H,8,10-11H2,1-2H3,(H,24,25)(H,26,27). The Balaban J connectivity index is 2.15. The molecule has 0 radical (unpaired) electrons. The summed E-state index contributed by atoms with van der Waals surface area (Å²) < 4.78 is 15.8. The maximum atomic E-state index is 13.3. The molecule has 2 unspecified atom stereocenters. The molecule has 152 valence electrons. The van der Waals surface area contributed by atoms with Gasteiger partial charge in [-0.3, -0.25) is 24.0 Å². The second-order valence-electron chi connectivity index (χ2n) is 7.07. The summed E-state index contributed by atoms with van der Waals surface area (Å²) in [6, 6.07) is 3.55. The predicted octanol–water partition coefficient (Wildman–Crippen LogP) is 1.38. The van der Waals surface area contributed by atoms with E-state index in [-0.39, 0.29) is 25.4 Å². The Labute approximate surface area is 161 Å². The maximum Gasteiger partial charge on any atom is 0.328 e. The molecule has 3 N–H and O–H groups in total. The van der Waals surface area contributed by atoms with Gasteiger partial charge in [-0.15, -0.1) is 0 Å². The molecule has 28 heavy (non-hydrogen) atoms. The minimum absolute atomic E-state index is 0.0538. The predicted molar refractivity (Wildman–Crippen MR) is 99.6 cm³/mol. The van der Waals surface area contributed by atoms with Crippen molar-refractivity contribution in [2.75, 3.05) is 0 Å². The molecule has 0 saturated heterocycles. The van der Waals surface area contributed by atoms with Crippen molar-refractivity contribution in [1.82, 2.24) is 14.5 Å². The number of carboxylic acids is 2. The number of imidazole rings is 1. The first-order valence-electron chi connectivity index (χ1n) is 8.89. The largest absolute Gasteiger partial charge is 0.480 e. The van der Waals surface area contributed by atoms with Crippen LogP contribution in [-0.4, -0.2) is 43.4 Å². The third-order valence-corrected chi connectivity index (χ3v) is 4.24. The van der Waals surface area contributed by atoms with Crippen LogP contribution in [0.25, 0.3) is 0 Å². The molecule has 2 atom stereocenters. The van der Waals surface area contributed by atoms with Crippen molar-refractivity contribution in [3.8, 4) is 0 Å². The molecule has 1 aromatic carbocycles. The second-order valence-corrected chi connectivity index (χ2v) is 7.07. The number of rotatable bonds is 10. The number of hydrogen-bond donors (Lipinski definition) is 3. The number of carboxylic acid groups (broad SMARTS) is 2. The van der Waals surface area contributed by atoms with Gasteiger partial charge in [0.15, 0.2) is 0 Å². The molecule has 8 nitrogen and oxygen atoms in total. The zero-order valence-corrected chi connectivity index (χ0v) is 15.7. The van der Waals surface area contributed by atoms with Crippen molar-refractivity contribution in [3.05, 3.63) is 58.5 Å². The van der Waals surface area contributed by atoms with Crippen molar-refractivity contribution in [2.24, 2.45) is 5.92 Å². The summed E-state index contributed by atoms with van der Waals surface area (Å²) in [4.78, 5) is 35.5. The highest BCUT2D eigenvalue weighted by molar-refractivity contribution is 5.77. The fourth-order valence-corrected chi connectivity index (χ4v) is 2.90. The first-order chi connectivity index (χ1) is 13.2. The van der Waals surface area contributed by atoms with Crippen LogP contribution >= 0.6 is 0 Å². The quantitative estimate of drug-likeness (QED) is 0.562. The van der Waals surface area contributed by atoms with Crippen LogP contribution in [0.3, 0.4) is 0 Å². The normalized spacial score (nSPS) is 13.4. The van der Waals surface area contributed by atoms with Crippen LogP contribution in [0.5, 0.6) is 0 Å². The molecular weight excluding hydrogens is 369 g/mol. The maximum absolute atomic E-state index is 13.3. The Morgan fingerprint density at radius 2 is 1.75 bits per heavy atom. The van der Waals surface area contributed by atoms with Crippen LogP contribution in [0.4, 0.5) is 4.39 Å². The van der Waals surface area contributed by atoms with Crippen LogP contribution < -0.4 is 11.0 Å². The van der Waals surface area contributed by atoms with Gasteiger partial charge in [0.05, 0.1) is 13.1 Å². The van der Waals surface area contributed by atoms with E-state index >= 15 is 0 Å². The van der Waals surface area contributed by atoms with E-state index in [0.29, 0.717) is 5.56 Å². The van der Waals surface area contributed by atoms with Gasteiger partial charge >= 0.3 is 17.6 Å². The lowest BCUT2D eigenvalue weighted by molar-refractivity contribution is -0.143. The van der Waals surface area contributed by atoms with Gasteiger partial charge in [0.25, 0.3) is 0 Å². The molecule has 1 heterocycles. The van der Waals surface area contributed by atoms with Gasteiger partial charge in [0.1, 0.15) is 17.9 Å². The van der Waals surface area contributed by atoms with Gasteiger partial charge in [0, 0.05) is 12.4 Å². The molecule has 1 aromatic heterocycles. The summed E-state index contributed by atoms with van der Waals surface area (Å²) in [5.74, 6) is -2.75. The van der Waals surface area contributed by atoms with Crippen LogP contribution in [0.1, 0.15) is 25.8 Å². The average Bonchev–Trinajstić information content (AvgIpc) is 2.93. The van der Waals surface area contributed by atoms with E-state index in [9.17, 15) is 29.0 Å². The fourth-order valence-electron chi connectivity index (χ4n) is 2.90. The topological polar surface area (TPSA) is 114 Å². The Kier molecular flexibility index (Phi) is 7.11. The molecule has 0 spiro atoms. The van der Waals surface area contributed by atoms with Crippen molar-refractivity contribution < 1.29 is 24.2 Å². The van der Waals surface area contributed by atoms with E-state index in [0.717, 1.165) is 0 Å². The van der Waals surface area contributed by atoms with E-state index in [2.05, 4.69) is 5.32 Å². The van der Waals surface area contributed by atoms with Crippen molar-refractivity contribution >= 4 is 11.9 Å². The van der Waals surface area contributed by atoms with E-state index in [1.807, 2.05) is 13.8 Å². The fraction of sp³-hybridized carbons (Fsp3) is 0.421. The summed E-state index contributed by atoms with van der Waals surface area (Å²) in [7, 11) is 0. The molecule has 0 bridgehead atoms. The van der Waals surface area contributed by atoms with Crippen LogP contribution in [0.2, 0.25) is 0 Å². The lowest BCUT2D eigenvalue weighted by atomic mass is 10.0. The molecule has 0 saturated carbocycles. The van der Waals surface area contributed by atoms with Crippen LogP contribution in [0, 0.1) is 11.7 Å². The SMILES string of the molecule is CC(C)CC(NC(Cn1ccn(Cc2cccc(F)c2)c1=O)C(=O)O)C(=O)O. The first kappa shape index (κ1) is 21.4. The number of aliphatic carboxylic acids is 2. The Bertz CT molecular complexity index is 890. The van der Waals surface area contributed by atoms with Gasteiger partial charge in [0.2, 0.25) is 0 Å². The average molecular weight is 393 g/mol. The molecule has 9 heteroatoms. The zero-order valence-electron chi connectivity index (χ0n) is 15.7. The number of benzene rings is 1. The molecule has 0 fully saturated rings. The number of aromatic nitrogens is 2. The molecule has 0 aliphatic carbocycles. The van der Waals surface area contributed by atoms with Gasteiger partial charge in [-0.25, -0.2) is 9.18 Å². The van der Waals surface area contributed by atoms with E-state index in [1.54, 1.807) is 6.07 Å². The molecule has 2 aromatic rings. The Morgan fingerprint density at radius 1 is 1.11 bits per heavy atom. The van der Waals surface area contributed by atoms with Crippen molar-refractivity contribution in [3.63, 3.8) is 0 Å². The Morgan fingerprint density at radius 3 is 2.32 bits per heavy atom. The van der Waals surface area contributed by atoms with Crippen LogP contribution in [0.15, 0.2) is 41.5 Å². The number of nitrogens with one attached hydrogen (secondary N) is 1. The minimum Gasteiger partial charge on any atom is -0.480 e. The number of hydrogen-bond acceptors (Lipinski definition) is 4. The summed E-state index contributed by atoms with van der Waals surface area (Å²) in [6.07, 6.45) is 3.17.